The average molecular weight is 374 g/mol. The summed E-state index contributed by atoms with van der Waals surface area (Å²) in [7, 11) is 0. The predicted octanol–water partition coefficient (Wildman–Crippen LogP) is 4.37. The first-order valence-corrected chi connectivity index (χ1v) is 8.30. The Bertz CT molecular complexity index is 1100. The van der Waals surface area contributed by atoms with Crippen molar-refractivity contribution in [2.45, 2.75) is 0 Å². The van der Waals surface area contributed by atoms with Crippen LogP contribution < -0.4 is 10.1 Å². The number of hydrogen-bond donors (Lipinski definition) is 2. The van der Waals surface area contributed by atoms with Gasteiger partial charge in [0.25, 0.3) is 0 Å². The van der Waals surface area contributed by atoms with Crippen molar-refractivity contribution in [3.63, 3.8) is 0 Å². The number of carboxylic acid groups (broad SMARTS) is 1. The number of pyridine rings is 2. The Morgan fingerprint density at radius 1 is 0.964 bits per heavy atom. The van der Waals surface area contributed by atoms with E-state index in [0.29, 0.717) is 11.7 Å². The van der Waals surface area contributed by atoms with Crippen molar-refractivity contribution in [2.75, 3.05) is 5.32 Å². The van der Waals surface area contributed by atoms with E-state index in [1.165, 1.54) is 18.5 Å². The highest BCUT2D eigenvalue weighted by molar-refractivity contribution is 5.97. The Balaban J connectivity index is 1.64. The number of ether oxygens (including phenoxy) is 1. The van der Waals surface area contributed by atoms with Gasteiger partial charge in [0.1, 0.15) is 23.4 Å². The van der Waals surface area contributed by atoms with Crippen LogP contribution in [0.2, 0.25) is 0 Å². The minimum atomic E-state index is -1.20. The van der Waals surface area contributed by atoms with Crippen LogP contribution in [0.5, 0.6) is 11.7 Å². The molecule has 0 unspecified atom stereocenters. The zero-order valence-corrected chi connectivity index (χ0v) is 14.4. The fourth-order valence-corrected chi connectivity index (χ4v) is 2.52. The minimum absolute atomic E-state index is 0.0661. The molecule has 0 radical (unpaired) electrons. The van der Waals surface area contributed by atoms with Crippen molar-refractivity contribution in [3.05, 3.63) is 78.8 Å². The molecule has 0 fully saturated rings. The zero-order valence-electron chi connectivity index (χ0n) is 14.4. The van der Waals surface area contributed by atoms with Gasteiger partial charge in [0.2, 0.25) is 5.89 Å². The third kappa shape index (κ3) is 3.65. The van der Waals surface area contributed by atoms with Gasteiger partial charge in [0.05, 0.1) is 0 Å². The topological polar surface area (TPSA) is 110 Å². The first-order valence-electron chi connectivity index (χ1n) is 8.30. The maximum absolute atomic E-state index is 11.8. The van der Waals surface area contributed by atoms with Gasteiger partial charge in [-0.05, 0) is 24.3 Å². The summed E-state index contributed by atoms with van der Waals surface area (Å²) in [5, 5.41) is 12.5. The van der Waals surface area contributed by atoms with E-state index >= 15 is 0 Å². The Morgan fingerprint density at radius 2 is 1.79 bits per heavy atom. The molecule has 4 aromatic rings. The Morgan fingerprint density at radius 3 is 2.54 bits per heavy atom. The standard InChI is InChI=1S/C20H14N4O4/c25-20(26)17-14(9-11-22-18(17)24-15-8-4-5-10-21-15)27-16-12-23-19(28-16)13-6-2-1-3-7-13/h1-12H,(H,25,26)(H,21,22,24). The van der Waals surface area contributed by atoms with Gasteiger partial charge >= 0.3 is 11.9 Å². The van der Waals surface area contributed by atoms with Gasteiger partial charge in [-0.1, -0.05) is 24.3 Å². The van der Waals surface area contributed by atoms with Crippen LogP contribution in [-0.2, 0) is 0 Å². The lowest BCUT2D eigenvalue weighted by Gasteiger charge is -2.11. The molecule has 3 aromatic heterocycles. The highest BCUT2D eigenvalue weighted by Gasteiger charge is 2.20. The fourth-order valence-electron chi connectivity index (χ4n) is 2.52. The third-order valence-corrected chi connectivity index (χ3v) is 3.75. The first-order chi connectivity index (χ1) is 13.7. The summed E-state index contributed by atoms with van der Waals surface area (Å²) in [4.78, 5) is 24.2. The Hall–Kier alpha value is -4.20. The van der Waals surface area contributed by atoms with Gasteiger partial charge in [0.15, 0.2) is 5.75 Å². The van der Waals surface area contributed by atoms with Crippen LogP contribution in [-0.4, -0.2) is 26.0 Å². The van der Waals surface area contributed by atoms with Gasteiger partial charge in [-0.15, -0.1) is 0 Å². The molecule has 0 atom stereocenters. The Kier molecular flexibility index (Phi) is 4.67. The second-order valence-corrected chi connectivity index (χ2v) is 5.63. The summed E-state index contributed by atoms with van der Waals surface area (Å²) in [6.07, 6.45) is 4.41. The molecule has 0 spiro atoms. The van der Waals surface area contributed by atoms with E-state index in [-0.39, 0.29) is 23.1 Å². The maximum Gasteiger partial charge on any atom is 0.343 e. The number of carboxylic acids is 1. The van der Waals surface area contributed by atoms with Crippen molar-refractivity contribution in [1.29, 1.82) is 0 Å². The molecule has 0 amide bonds. The summed E-state index contributed by atoms with van der Waals surface area (Å²) in [6.45, 7) is 0. The maximum atomic E-state index is 11.8. The Labute approximate surface area is 159 Å². The van der Waals surface area contributed by atoms with Crippen LogP contribution in [0.1, 0.15) is 10.4 Å². The monoisotopic (exact) mass is 374 g/mol. The second kappa shape index (κ2) is 7.58. The lowest BCUT2D eigenvalue weighted by molar-refractivity contribution is 0.0694. The van der Waals surface area contributed by atoms with Crippen LogP contribution in [0.3, 0.4) is 0 Å². The molecule has 0 saturated heterocycles. The number of benzene rings is 1. The number of rotatable bonds is 6. The molecule has 0 aliphatic heterocycles. The zero-order chi connectivity index (χ0) is 19.3. The molecule has 0 bridgehead atoms. The number of carbonyl (C=O) groups is 1. The molecular formula is C20H14N4O4. The molecule has 28 heavy (non-hydrogen) atoms. The molecule has 2 N–H and O–H groups in total. The highest BCUT2D eigenvalue weighted by atomic mass is 16.6. The number of hydrogen-bond acceptors (Lipinski definition) is 7. The molecule has 138 valence electrons. The second-order valence-electron chi connectivity index (χ2n) is 5.63. The summed E-state index contributed by atoms with van der Waals surface area (Å²) in [5.74, 6) is -0.141. The van der Waals surface area contributed by atoms with E-state index in [2.05, 4.69) is 20.3 Å². The summed E-state index contributed by atoms with van der Waals surface area (Å²) < 4.78 is 11.2. The molecule has 0 saturated carbocycles. The van der Waals surface area contributed by atoms with Crippen molar-refractivity contribution < 1.29 is 19.1 Å². The molecule has 4 rings (SSSR count). The summed E-state index contributed by atoms with van der Waals surface area (Å²) in [6, 6.07) is 16.0. The van der Waals surface area contributed by atoms with Crippen LogP contribution in [0, 0.1) is 0 Å². The average Bonchev–Trinajstić information content (AvgIpc) is 3.18. The van der Waals surface area contributed by atoms with Gasteiger partial charge in [0, 0.05) is 24.0 Å². The number of aromatic nitrogens is 3. The number of nitrogens with zero attached hydrogens (tertiary/aromatic N) is 3. The van der Waals surface area contributed by atoms with Crippen LogP contribution in [0.25, 0.3) is 11.5 Å². The number of oxazole rings is 1. The van der Waals surface area contributed by atoms with E-state index in [1.807, 2.05) is 30.3 Å². The molecule has 3 heterocycles. The van der Waals surface area contributed by atoms with Crippen molar-refractivity contribution >= 4 is 17.6 Å². The molecule has 0 aliphatic rings. The SMILES string of the molecule is O=C(O)c1c(Oc2cnc(-c3ccccc3)o2)ccnc1Nc1ccccn1. The van der Waals surface area contributed by atoms with E-state index in [9.17, 15) is 9.90 Å². The molecule has 1 aromatic carbocycles. The van der Waals surface area contributed by atoms with E-state index in [4.69, 9.17) is 9.15 Å². The number of nitrogens with one attached hydrogen (secondary N) is 1. The van der Waals surface area contributed by atoms with E-state index < -0.39 is 5.97 Å². The van der Waals surface area contributed by atoms with Crippen LogP contribution in [0.15, 0.2) is 77.6 Å². The summed E-state index contributed by atoms with van der Waals surface area (Å²) in [5.41, 5.74) is 0.633. The predicted molar refractivity (Wildman–Crippen MR) is 101 cm³/mol. The van der Waals surface area contributed by atoms with Gasteiger partial charge in [-0.3, -0.25) is 0 Å². The molecule has 8 heteroatoms. The fraction of sp³-hybridized carbons (Fsp3) is 0. The van der Waals surface area contributed by atoms with Crippen molar-refractivity contribution in [2.24, 2.45) is 0 Å². The molecule has 8 nitrogen and oxygen atoms in total. The third-order valence-electron chi connectivity index (χ3n) is 3.75. The van der Waals surface area contributed by atoms with Crippen molar-refractivity contribution in [3.8, 4) is 23.1 Å². The molecular weight excluding hydrogens is 360 g/mol. The van der Waals surface area contributed by atoms with Crippen LogP contribution >= 0.6 is 0 Å². The first kappa shape index (κ1) is 17.2. The quantitative estimate of drug-likeness (QED) is 0.512. The van der Waals surface area contributed by atoms with E-state index in [1.54, 1.807) is 24.4 Å². The van der Waals surface area contributed by atoms with Crippen LogP contribution in [0.4, 0.5) is 11.6 Å². The smallest absolute Gasteiger partial charge is 0.343 e. The lowest BCUT2D eigenvalue weighted by atomic mass is 10.2. The van der Waals surface area contributed by atoms with Gasteiger partial charge in [-0.25, -0.2) is 19.7 Å². The van der Waals surface area contributed by atoms with Crippen molar-refractivity contribution in [1.82, 2.24) is 15.0 Å². The van der Waals surface area contributed by atoms with Gasteiger partial charge in [-0.2, -0.15) is 0 Å². The minimum Gasteiger partial charge on any atom is -0.477 e. The number of anilines is 2. The normalized spacial score (nSPS) is 10.4. The summed E-state index contributed by atoms with van der Waals surface area (Å²) >= 11 is 0. The molecule has 0 aliphatic carbocycles. The van der Waals surface area contributed by atoms with E-state index in [0.717, 1.165) is 5.56 Å². The largest absolute Gasteiger partial charge is 0.477 e. The highest BCUT2D eigenvalue weighted by Crippen LogP contribution is 2.32. The van der Waals surface area contributed by atoms with Gasteiger partial charge < -0.3 is 19.6 Å². The lowest BCUT2D eigenvalue weighted by Crippen LogP contribution is -2.07. The number of aromatic carboxylic acids is 1.